The summed E-state index contributed by atoms with van der Waals surface area (Å²) >= 11 is 5.74. The molecular formula is C27H54ClNO2. The van der Waals surface area contributed by atoms with Gasteiger partial charge in [0.15, 0.2) is 0 Å². The highest BCUT2D eigenvalue weighted by Crippen LogP contribution is 2.15. The van der Waals surface area contributed by atoms with Gasteiger partial charge in [0.05, 0.1) is 0 Å². The third kappa shape index (κ3) is 24.2. The van der Waals surface area contributed by atoms with Crippen LogP contribution < -0.4 is 5.32 Å². The molecule has 0 bridgehead atoms. The molecule has 1 amide bonds. The molecule has 0 aliphatic carbocycles. The first-order chi connectivity index (χ1) is 15.2. The lowest BCUT2D eigenvalue weighted by Gasteiger charge is -2.16. The van der Waals surface area contributed by atoms with Gasteiger partial charge in [0, 0.05) is 24.9 Å². The number of rotatable bonds is 25. The molecule has 1 unspecified atom stereocenters. The van der Waals surface area contributed by atoms with Gasteiger partial charge >= 0.3 is 0 Å². The van der Waals surface area contributed by atoms with Crippen molar-refractivity contribution in [1.29, 1.82) is 0 Å². The Kier molecular flexibility index (Phi) is 25.7. The van der Waals surface area contributed by atoms with Crippen molar-refractivity contribution in [3.63, 3.8) is 0 Å². The average molecular weight is 460 g/mol. The normalized spacial score (nSPS) is 12.2. The van der Waals surface area contributed by atoms with E-state index in [-0.39, 0.29) is 18.6 Å². The molecule has 0 aromatic heterocycles. The standard InChI is InChI=1S/C27H54ClNO2/c1-2-3-4-5-6-7-8-9-10-11-12-13-14-15-16-17-18-19-20-21-27(31)29-26(22-24-28)23-25-30/h26,30H,2-25H2,1H3,(H,29,31). The minimum atomic E-state index is 0.0234. The zero-order valence-corrected chi connectivity index (χ0v) is 21.5. The summed E-state index contributed by atoms with van der Waals surface area (Å²) in [6.07, 6.45) is 27.9. The Morgan fingerprint density at radius 1 is 0.677 bits per heavy atom. The highest BCUT2D eigenvalue weighted by atomic mass is 35.5. The van der Waals surface area contributed by atoms with E-state index >= 15 is 0 Å². The molecule has 0 heterocycles. The number of halogens is 1. The third-order valence-electron chi connectivity index (χ3n) is 6.31. The van der Waals surface area contributed by atoms with E-state index in [4.69, 9.17) is 16.7 Å². The number of hydrogen-bond acceptors (Lipinski definition) is 2. The largest absolute Gasteiger partial charge is 0.396 e. The number of nitrogens with one attached hydrogen (secondary N) is 1. The van der Waals surface area contributed by atoms with Crippen molar-refractivity contribution >= 4 is 17.5 Å². The summed E-state index contributed by atoms with van der Waals surface area (Å²) in [5.41, 5.74) is 0. The zero-order chi connectivity index (χ0) is 22.8. The smallest absolute Gasteiger partial charge is 0.220 e. The number of unbranched alkanes of at least 4 members (excludes halogenated alkanes) is 18. The van der Waals surface area contributed by atoms with Crippen LogP contribution in [0.2, 0.25) is 0 Å². The highest BCUT2D eigenvalue weighted by Gasteiger charge is 2.10. The summed E-state index contributed by atoms with van der Waals surface area (Å²) in [7, 11) is 0. The van der Waals surface area contributed by atoms with E-state index in [1.165, 1.54) is 109 Å². The number of aliphatic hydroxyl groups excluding tert-OH is 1. The molecule has 0 aliphatic heterocycles. The van der Waals surface area contributed by atoms with Crippen LogP contribution in [0, 0.1) is 0 Å². The maximum Gasteiger partial charge on any atom is 0.220 e. The molecule has 0 radical (unpaired) electrons. The second-order valence-corrected chi connectivity index (χ2v) is 9.75. The average Bonchev–Trinajstić information content (AvgIpc) is 2.75. The van der Waals surface area contributed by atoms with Crippen LogP contribution in [0.3, 0.4) is 0 Å². The number of hydrogen-bond donors (Lipinski definition) is 2. The van der Waals surface area contributed by atoms with Gasteiger partial charge in [0.1, 0.15) is 0 Å². The Morgan fingerprint density at radius 3 is 1.42 bits per heavy atom. The van der Waals surface area contributed by atoms with E-state index in [2.05, 4.69) is 12.2 Å². The zero-order valence-electron chi connectivity index (χ0n) is 20.8. The summed E-state index contributed by atoms with van der Waals surface area (Å²) in [5.74, 6) is 0.625. The van der Waals surface area contributed by atoms with Gasteiger partial charge in [-0.15, -0.1) is 11.6 Å². The molecular weight excluding hydrogens is 406 g/mol. The Bertz CT molecular complexity index is 359. The summed E-state index contributed by atoms with van der Waals surface area (Å²) < 4.78 is 0. The van der Waals surface area contributed by atoms with Crippen LogP contribution >= 0.6 is 11.6 Å². The Balaban J connectivity index is 3.23. The quantitative estimate of drug-likeness (QED) is 0.106. The second-order valence-electron chi connectivity index (χ2n) is 9.37. The lowest BCUT2D eigenvalue weighted by molar-refractivity contribution is -0.122. The highest BCUT2D eigenvalue weighted by molar-refractivity contribution is 6.17. The van der Waals surface area contributed by atoms with Crippen molar-refractivity contribution < 1.29 is 9.90 Å². The number of alkyl halides is 1. The van der Waals surface area contributed by atoms with Crippen LogP contribution in [-0.4, -0.2) is 29.5 Å². The van der Waals surface area contributed by atoms with Crippen molar-refractivity contribution in [3.8, 4) is 0 Å². The maximum atomic E-state index is 11.9. The van der Waals surface area contributed by atoms with Crippen molar-refractivity contribution in [2.45, 2.75) is 154 Å². The minimum absolute atomic E-state index is 0.0234. The van der Waals surface area contributed by atoms with E-state index in [0.29, 0.717) is 18.7 Å². The van der Waals surface area contributed by atoms with Gasteiger partial charge in [0.25, 0.3) is 0 Å². The number of carbonyl (C=O) groups is 1. The molecule has 4 heteroatoms. The van der Waals surface area contributed by atoms with E-state index in [0.717, 1.165) is 19.3 Å². The molecule has 31 heavy (non-hydrogen) atoms. The van der Waals surface area contributed by atoms with Crippen molar-refractivity contribution in [1.82, 2.24) is 5.32 Å². The second kappa shape index (κ2) is 26.0. The summed E-state index contributed by atoms with van der Waals surface area (Å²) in [4.78, 5) is 11.9. The Hall–Kier alpha value is -0.280. The Morgan fingerprint density at radius 2 is 1.06 bits per heavy atom. The SMILES string of the molecule is CCCCCCCCCCCCCCCCCCCCCC(=O)NC(CCO)CCCl. The van der Waals surface area contributed by atoms with Gasteiger partial charge < -0.3 is 10.4 Å². The number of carbonyl (C=O) groups excluding carboxylic acids is 1. The maximum absolute atomic E-state index is 11.9. The van der Waals surface area contributed by atoms with E-state index in [1.807, 2.05) is 0 Å². The molecule has 0 rings (SSSR count). The first-order valence-electron chi connectivity index (χ1n) is 13.7. The topological polar surface area (TPSA) is 49.3 Å². The molecule has 0 aromatic carbocycles. The molecule has 1 atom stereocenters. The number of amides is 1. The molecule has 0 saturated heterocycles. The molecule has 0 spiro atoms. The predicted octanol–water partition coefficient (Wildman–Crippen LogP) is 8.30. The monoisotopic (exact) mass is 459 g/mol. The van der Waals surface area contributed by atoms with Crippen LogP contribution in [0.4, 0.5) is 0 Å². The first-order valence-corrected chi connectivity index (χ1v) is 14.2. The minimum Gasteiger partial charge on any atom is -0.396 e. The van der Waals surface area contributed by atoms with E-state index < -0.39 is 0 Å². The molecule has 0 fully saturated rings. The molecule has 0 saturated carbocycles. The number of aliphatic hydroxyl groups is 1. The predicted molar refractivity (Wildman–Crippen MR) is 137 cm³/mol. The molecule has 3 nitrogen and oxygen atoms in total. The van der Waals surface area contributed by atoms with Gasteiger partial charge in [0.2, 0.25) is 5.91 Å². The fourth-order valence-electron chi connectivity index (χ4n) is 4.24. The lowest BCUT2D eigenvalue weighted by Crippen LogP contribution is -2.35. The van der Waals surface area contributed by atoms with Crippen LogP contribution in [-0.2, 0) is 4.79 Å². The lowest BCUT2D eigenvalue weighted by atomic mass is 10.0. The third-order valence-corrected chi connectivity index (χ3v) is 6.53. The fraction of sp³-hybridized carbons (Fsp3) is 0.963. The van der Waals surface area contributed by atoms with Gasteiger partial charge in [-0.05, 0) is 19.3 Å². The molecule has 0 aliphatic rings. The van der Waals surface area contributed by atoms with E-state index in [1.54, 1.807) is 0 Å². The van der Waals surface area contributed by atoms with Gasteiger partial charge in [-0.2, -0.15) is 0 Å². The van der Waals surface area contributed by atoms with E-state index in [9.17, 15) is 4.79 Å². The Labute approximate surface area is 199 Å². The summed E-state index contributed by atoms with van der Waals surface area (Å²) in [6, 6.07) is 0.0234. The molecule has 0 aromatic rings. The van der Waals surface area contributed by atoms with Gasteiger partial charge in [-0.1, -0.05) is 122 Å². The van der Waals surface area contributed by atoms with Crippen molar-refractivity contribution in [3.05, 3.63) is 0 Å². The fourth-order valence-corrected chi connectivity index (χ4v) is 4.50. The summed E-state index contributed by atoms with van der Waals surface area (Å²) in [5, 5.41) is 12.0. The van der Waals surface area contributed by atoms with Crippen molar-refractivity contribution in [2.75, 3.05) is 12.5 Å². The van der Waals surface area contributed by atoms with Gasteiger partial charge in [-0.25, -0.2) is 0 Å². The first kappa shape index (κ1) is 30.7. The van der Waals surface area contributed by atoms with Crippen LogP contribution in [0.1, 0.15) is 148 Å². The summed E-state index contributed by atoms with van der Waals surface area (Å²) in [6.45, 7) is 2.38. The molecule has 186 valence electrons. The van der Waals surface area contributed by atoms with Crippen LogP contribution in [0.5, 0.6) is 0 Å². The van der Waals surface area contributed by atoms with Crippen LogP contribution in [0.15, 0.2) is 0 Å². The van der Waals surface area contributed by atoms with Crippen molar-refractivity contribution in [2.24, 2.45) is 0 Å². The molecule has 2 N–H and O–H groups in total. The van der Waals surface area contributed by atoms with Crippen LogP contribution in [0.25, 0.3) is 0 Å². The van der Waals surface area contributed by atoms with Gasteiger partial charge in [-0.3, -0.25) is 4.79 Å².